The highest BCUT2D eigenvalue weighted by Gasteiger charge is 2.01. The molecule has 1 amide bonds. The molecule has 0 saturated heterocycles. The summed E-state index contributed by atoms with van der Waals surface area (Å²) in [6.07, 6.45) is 0.915. The van der Waals surface area contributed by atoms with E-state index < -0.39 is 0 Å². The number of anilines is 1. The van der Waals surface area contributed by atoms with Gasteiger partial charge in [0.15, 0.2) is 0 Å². The van der Waals surface area contributed by atoms with Crippen molar-refractivity contribution in [2.75, 3.05) is 31.6 Å². The molecule has 4 nitrogen and oxygen atoms in total. The maximum absolute atomic E-state index is 11.6. The molecule has 18 heavy (non-hydrogen) atoms. The van der Waals surface area contributed by atoms with E-state index in [1.54, 1.807) is 0 Å². The van der Waals surface area contributed by atoms with Crippen LogP contribution < -0.4 is 10.6 Å². The molecule has 5 heteroatoms. The minimum absolute atomic E-state index is 0.0375. The average Bonchev–Trinajstić information content (AvgIpc) is 2.33. The molecule has 0 heterocycles. The predicted octanol–water partition coefficient (Wildman–Crippen LogP) is 2.40. The van der Waals surface area contributed by atoms with Crippen LogP contribution in [-0.4, -0.2) is 32.2 Å². The Kier molecular flexibility index (Phi) is 7.64. The summed E-state index contributed by atoms with van der Waals surface area (Å²) < 4.78 is 6.15. The van der Waals surface area contributed by atoms with Gasteiger partial charge in [0, 0.05) is 23.4 Å². The van der Waals surface area contributed by atoms with Gasteiger partial charge >= 0.3 is 0 Å². The van der Waals surface area contributed by atoms with Crippen LogP contribution in [0.15, 0.2) is 28.7 Å². The molecule has 0 atom stereocenters. The normalized spacial score (nSPS) is 10.3. The number of benzene rings is 1. The second-order valence-electron chi connectivity index (χ2n) is 3.79. The highest BCUT2D eigenvalue weighted by atomic mass is 79.9. The van der Waals surface area contributed by atoms with Crippen molar-refractivity contribution in [1.29, 1.82) is 0 Å². The largest absolute Gasteiger partial charge is 0.382 e. The second-order valence-corrected chi connectivity index (χ2v) is 4.70. The van der Waals surface area contributed by atoms with Crippen LogP contribution in [0.5, 0.6) is 0 Å². The van der Waals surface area contributed by atoms with Gasteiger partial charge in [-0.2, -0.15) is 0 Å². The highest BCUT2D eigenvalue weighted by Crippen LogP contribution is 2.15. The zero-order valence-corrected chi connectivity index (χ0v) is 12.1. The molecule has 0 aliphatic carbocycles. The van der Waals surface area contributed by atoms with Crippen molar-refractivity contribution in [3.63, 3.8) is 0 Å². The first-order valence-corrected chi connectivity index (χ1v) is 6.85. The van der Waals surface area contributed by atoms with E-state index in [2.05, 4.69) is 26.6 Å². The number of amides is 1. The van der Waals surface area contributed by atoms with Crippen molar-refractivity contribution < 1.29 is 9.53 Å². The molecule has 0 spiro atoms. The van der Waals surface area contributed by atoms with Crippen LogP contribution in [0.4, 0.5) is 5.69 Å². The number of hydrogen-bond acceptors (Lipinski definition) is 3. The first kappa shape index (κ1) is 15.1. The zero-order valence-electron chi connectivity index (χ0n) is 10.5. The molecule has 0 aliphatic heterocycles. The quantitative estimate of drug-likeness (QED) is 0.724. The first-order valence-electron chi connectivity index (χ1n) is 6.06. The second kappa shape index (κ2) is 9.08. The van der Waals surface area contributed by atoms with Crippen molar-refractivity contribution in [3.05, 3.63) is 28.7 Å². The molecule has 1 aromatic rings. The third-order valence-electron chi connectivity index (χ3n) is 2.24. The Morgan fingerprint density at radius 2 is 2.28 bits per heavy atom. The Hall–Kier alpha value is -0.910. The minimum atomic E-state index is -0.0375. The SMILES string of the molecule is CCOCCCNCC(=O)Nc1cccc(Br)c1. The summed E-state index contributed by atoms with van der Waals surface area (Å²) in [6, 6.07) is 7.53. The molecule has 0 radical (unpaired) electrons. The lowest BCUT2D eigenvalue weighted by atomic mass is 10.3. The number of carbonyl (C=O) groups is 1. The fourth-order valence-electron chi connectivity index (χ4n) is 1.42. The average molecular weight is 315 g/mol. The molecule has 0 fully saturated rings. The summed E-state index contributed by atoms with van der Waals surface area (Å²) in [4.78, 5) is 11.6. The van der Waals surface area contributed by atoms with Crippen molar-refractivity contribution in [2.24, 2.45) is 0 Å². The molecular formula is C13H19BrN2O2. The van der Waals surface area contributed by atoms with Gasteiger partial charge < -0.3 is 15.4 Å². The molecule has 1 aromatic carbocycles. The van der Waals surface area contributed by atoms with Crippen LogP contribution in [0.25, 0.3) is 0 Å². The Morgan fingerprint density at radius 1 is 1.44 bits per heavy atom. The molecule has 2 N–H and O–H groups in total. The van der Waals surface area contributed by atoms with Crippen molar-refractivity contribution in [1.82, 2.24) is 5.32 Å². The fourth-order valence-corrected chi connectivity index (χ4v) is 1.82. The van der Waals surface area contributed by atoms with E-state index >= 15 is 0 Å². The number of ether oxygens (including phenoxy) is 1. The number of hydrogen-bond donors (Lipinski definition) is 2. The summed E-state index contributed by atoms with van der Waals surface area (Å²) in [6.45, 7) is 4.55. The van der Waals surface area contributed by atoms with E-state index in [0.717, 1.165) is 36.3 Å². The number of nitrogens with one attached hydrogen (secondary N) is 2. The van der Waals surface area contributed by atoms with Crippen molar-refractivity contribution >= 4 is 27.5 Å². The lowest BCUT2D eigenvalue weighted by Gasteiger charge is -2.07. The molecular weight excluding hydrogens is 296 g/mol. The molecule has 0 aliphatic rings. The Bertz CT molecular complexity index is 372. The van der Waals surface area contributed by atoms with Gasteiger partial charge in [0.1, 0.15) is 0 Å². The highest BCUT2D eigenvalue weighted by molar-refractivity contribution is 9.10. The molecule has 0 aromatic heterocycles. The number of halogens is 1. The third kappa shape index (κ3) is 6.74. The van der Waals surface area contributed by atoms with Gasteiger partial charge in [-0.1, -0.05) is 22.0 Å². The lowest BCUT2D eigenvalue weighted by molar-refractivity contribution is -0.115. The monoisotopic (exact) mass is 314 g/mol. The molecule has 0 saturated carbocycles. The standard InChI is InChI=1S/C13H19BrN2O2/c1-2-18-8-4-7-15-10-13(17)16-12-6-3-5-11(14)9-12/h3,5-6,9,15H,2,4,7-8,10H2,1H3,(H,16,17). The Morgan fingerprint density at radius 3 is 3.00 bits per heavy atom. The molecule has 0 unspecified atom stereocenters. The first-order chi connectivity index (χ1) is 8.72. The fraction of sp³-hybridized carbons (Fsp3) is 0.462. The third-order valence-corrected chi connectivity index (χ3v) is 2.73. The van der Waals surface area contributed by atoms with Crippen LogP contribution in [0, 0.1) is 0 Å². The van der Waals surface area contributed by atoms with E-state index in [1.807, 2.05) is 31.2 Å². The van der Waals surface area contributed by atoms with E-state index in [-0.39, 0.29) is 5.91 Å². The molecule has 100 valence electrons. The summed E-state index contributed by atoms with van der Waals surface area (Å²) in [7, 11) is 0. The van der Waals surface area contributed by atoms with E-state index in [1.165, 1.54) is 0 Å². The minimum Gasteiger partial charge on any atom is -0.382 e. The summed E-state index contributed by atoms with van der Waals surface area (Å²) in [5.41, 5.74) is 0.797. The van der Waals surface area contributed by atoms with E-state index in [9.17, 15) is 4.79 Å². The van der Waals surface area contributed by atoms with Crippen LogP contribution in [0.3, 0.4) is 0 Å². The Balaban J connectivity index is 2.14. The zero-order chi connectivity index (χ0) is 13.2. The van der Waals surface area contributed by atoms with Crippen LogP contribution in [-0.2, 0) is 9.53 Å². The Labute approximate surface area is 116 Å². The van der Waals surface area contributed by atoms with Crippen LogP contribution in [0.1, 0.15) is 13.3 Å². The van der Waals surface area contributed by atoms with Gasteiger partial charge in [-0.3, -0.25) is 4.79 Å². The summed E-state index contributed by atoms with van der Waals surface area (Å²) >= 11 is 3.36. The van der Waals surface area contributed by atoms with E-state index in [4.69, 9.17) is 4.74 Å². The van der Waals surface area contributed by atoms with Gasteiger partial charge in [-0.15, -0.1) is 0 Å². The summed E-state index contributed by atoms with van der Waals surface area (Å²) in [5, 5.41) is 5.90. The smallest absolute Gasteiger partial charge is 0.238 e. The summed E-state index contributed by atoms with van der Waals surface area (Å²) in [5.74, 6) is -0.0375. The number of carbonyl (C=O) groups excluding carboxylic acids is 1. The van der Waals surface area contributed by atoms with E-state index in [0.29, 0.717) is 6.54 Å². The predicted molar refractivity (Wildman–Crippen MR) is 76.8 cm³/mol. The van der Waals surface area contributed by atoms with Gasteiger partial charge in [0.05, 0.1) is 6.54 Å². The lowest BCUT2D eigenvalue weighted by Crippen LogP contribution is -2.29. The van der Waals surface area contributed by atoms with Gasteiger partial charge in [-0.05, 0) is 38.1 Å². The van der Waals surface area contributed by atoms with Gasteiger partial charge in [0.25, 0.3) is 0 Å². The maximum Gasteiger partial charge on any atom is 0.238 e. The van der Waals surface area contributed by atoms with Crippen LogP contribution in [0.2, 0.25) is 0 Å². The van der Waals surface area contributed by atoms with Gasteiger partial charge in [0.2, 0.25) is 5.91 Å². The van der Waals surface area contributed by atoms with Gasteiger partial charge in [-0.25, -0.2) is 0 Å². The van der Waals surface area contributed by atoms with Crippen LogP contribution >= 0.6 is 15.9 Å². The topological polar surface area (TPSA) is 50.4 Å². The maximum atomic E-state index is 11.6. The van der Waals surface area contributed by atoms with Crippen molar-refractivity contribution in [2.45, 2.75) is 13.3 Å². The molecule has 1 rings (SSSR count). The molecule has 0 bridgehead atoms. The van der Waals surface area contributed by atoms with Crippen molar-refractivity contribution in [3.8, 4) is 0 Å². The number of rotatable bonds is 8.